The van der Waals surface area contributed by atoms with Gasteiger partial charge in [-0.15, -0.1) is 0 Å². The van der Waals surface area contributed by atoms with E-state index in [4.69, 9.17) is 24.1 Å². The molecule has 134 heavy (non-hydrogen) atoms. The fourth-order valence-corrected chi connectivity index (χ4v) is 12.6. The van der Waals surface area contributed by atoms with Gasteiger partial charge in [-0.1, -0.05) is 410 Å². The van der Waals surface area contributed by atoms with Crippen molar-refractivity contribution in [1.82, 2.24) is 0 Å². The van der Waals surface area contributed by atoms with Crippen LogP contribution >= 0.6 is 0 Å². The van der Waals surface area contributed by atoms with Gasteiger partial charge in [-0.3, -0.25) is 0 Å². The van der Waals surface area contributed by atoms with Crippen LogP contribution in [-0.2, 0) is 6.61 Å². The van der Waals surface area contributed by atoms with E-state index in [-0.39, 0.29) is 41.5 Å². The van der Waals surface area contributed by atoms with Crippen molar-refractivity contribution in [3.05, 3.63) is 545 Å². The van der Waals surface area contributed by atoms with Gasteiger partial charge in [0.2, 0.25) is 0 Å². The zero-order valence-electron chi connectivity index (χ0n) is 77.2. The maximum Gasteiger partial charge on any atom is 0.130 e. The van der Waals surface area contributed by atoms with Crippen LogP contribution in [0.15, 0.2) is 382 Å². The van der Waals surface area contributed by atoms with Crippen LogP contribution < -0.4 is 18.9 Å². The van der Waals surface area contributed by atoms with E-state index in [1.54, 1.807) is 107 Å². The minimum Gasteiger partial charge on any atom is -0.497 e. The number of aryl methyl sites for hydroxylation is 6. The molecule has 0 aromatic heterocycles. The highest BCUT2D eigenvalue weighted by atomic mass is 19.1. The number of hydrogen-bond acceptors (Lipinski definition) is 5. The number of aliphatic hydroxyl groups is 1. The third-order valence-corrected chi connectivity index (χ3v) is 20.3. The maximum absolute atomic E-state index is 13.4. The summed E-state index contributed by atoms with van der Waals surface area (Å²) in [6, 6.07) is 118. The third kappa shape index (κ3) is 38.1. The van der Waals surface area contributed by atoms with Crippen LogP contribution in [0.4, 0.5) is 26.3 Å². The molecule has 0 aliphatic rings. The van der Waals surface area contributed by atoms with E-state index >= 15 is 0 Å². The molecule has 16 aromatic rings. The topological polar surface area (TPSA) is 57.2 Å². The molecule has 0 saturated carbocycles. The molecule has 0 fully saturated rings. The van der Waals surface area contributed by atoms with Crippen molar-refractivity contribution in [2.24, 2.45) is 0 Å². The average molecular weight is 1780 g/mol. The molecule has 0 saturated heterocycles. The number of halogens is 6. The normalized spacial score (nSPS) is 10.8. The van der Waals surface area contributed by atoms with Crippen molar-refractivity contribution < 1.29 is 50.4 Å². The highest BCUT2D eigenvalue weighted by Gasteiger charge is 2.05. The van der Waals surface area contributed by atoms with Crippen molar-refractivity contribution in [1.29, 1.82) is 0 Å². The Morgan fingerprint density at radius 2 is 0.463 bits per heavy atom. The van der Waals surface area contributed by atoms with Crippen LogP contribution in [0, 0.1) is 76.4 Å². The predicted molar refractivity (Wildman–Crippen MR) is 555 cm³/mol. The van der Waals surface area contributed by atoms with Gasteiger partial charge >= 0.3 is 0 Å². The number of para-hydroxylation sites is 1. The van der Waals surface area contributed by atoms with E-state index in [1.807, 2.05) is 244 Å². The van der Waals surface area contributed by atoms with Gasteiger partial charge in [0.25, 0.3) is 0 Å². The molecule has 0 radical (unpaired) electrons. The fourth-order valence-electron chi connectivity index (χ4n) is 12.6. The molecule has 16 rings (SSSR count). The van der Waals surface area contributed by atoms with Crippen molar-refractivity contribution in [2.45, 2.75) is 48.1 Å². The van der Waals surface area contributed by atoms with Crippen molar-refractivity contribution in [2.75, 3.05) is 28.4 Å². The summed E-state index contributed by atoms with van der Waals surface area (Å²) in [5, 5.41) is 9.01. The molecule has 0 bridgehead atoms. The predicted octanol–water partition coefficient (Wildman–Crippen LogP) is 33.1. The summed E-state index contributed by atoms with van der Waals surface area (Å²) in [7, 11) is 6.59. The Morgan fingerprint density at radius 3 is 0.799 bits per heavy atom. The highest BCUT2D eigenvalue weighted by Crippen LogP contribution is 2.26. The average Bonchev–Trinajstić information content (AvgIpc) is 0.879. The highest BCUT2D eigenvalue weighted by molar-refractivity contribution is 5.77. The smallest absolute Gasteiger partial charge is 0.130 e. The quantitative estimate of drug-likeness (QED) is 0.0574. The standard InChI is InChI=1S/C16H15FO.C16H16O.C16H16.3C15H13FO.2C15H13F/c1-12-3-4-14(11-16(12)18-2)6-5-13-7-9-15(17)10-8-13;1-13-6-8-14(9-7-13)10-11-15-4-3-5-16(12-15)17-2;1-13-3-7-15(8-4-13)11-12-16-9-5-14(2)6-10-16;1-17-15-9-5-3-7-13(15)11-10-12-6-2-4-8-14(12)16;1-17-14-7-4-5-12(11-14)9-10-13-6-2-3-8-15(13)16;16-15-6-2-4-13(10-15)8-7-12-3-1-5-14(9-12)11-17;1-12-5-7-13(8-6-12)9-10-14-3-2-4-15(16)11-14;1-12-6-8-13(9-7-12)10-11-14-4-2-3-5-15(14)16/h3-11H,1-2H3;3-12H,1-2H3;3-12H,1-2H3;2*2-11H,1H3;1-10,17H,11H2;2*2-11H,1H3/b6-5+;11-10+;12-11+;11-10+;10-9+;8-7+;10-9+;11-10+. The number of ether oxygens (including phenoxy) is 4. The van der Waals surface area contributed by atoms with E-state index in [2.05, 4.69) is 143 Å². The lowest BCUT2D eigenvalue weighted by atomic mass is 10.1. The first-order valence-electron chi connectivity index (χ1n) is 43.6. The van der Waals surface area contributed by atoms with Crippen LogP contribution in [0.2, 0.25) is 0 Å². The number of methoxy groups -OCH3 is 4. The van der Waals surface area contributed by atoms with Gasteiger partial charge in [0.1, 0.15) is 57.9 Å². The van der Waals surface area contributed by atoms with Crippen LogP contribution in [0.25, 0.3) is 97.2 Å². The van der Waals surface area contributed by atoms with Crippen LogP contribution in [-0.4, -0.2) is 33.5 Å². The summed E-state index contributed by atoms with van der Waals surface area (Å²) in [4.78, 5) is 0. The number of rotatable bonds is 21. The lowest BCUT2D eigenvalue weighted by molar-refractivity contribution is 0.282. The van der Waals surface area contributed by atoms with Crippen molar-refractivity contribution in [3.63, 3.8) is 0 Å². The summed E-state index contributed by atoms with van der Waals surface area (Å²) in [6.07, 6.45) is 31.0. The van der Waals surface area contributed by atoms with Crippen molar-refractivity contribution >= 4 is 97.2 Å². The van der Waals surface area contributed by atoms with Gasteiger partial charge in [-0.05, 0) is 216 Å². The summed E-state index contributed by atoms with van der Waals surface area (Å²) >= 11 is 0. The molecule has 0 heterocycles. The molecule has 0 aliphatic heterocycles. The first kappa shape index (κ1) is 102. The van der Waals surface area contributed by atoms with E-state index in [0.29, 0.717) is 16.7 Å². The second-order valence-electron chi connectivity index (χ2n) is 30.9. The van der Waals surface area contributed by atoms with Gasteiger partial charge in [0, 0.05) is 22.3 Å². The zero-order valence-corrected chi connectivity index (χ0v) is 77.2. The third-order valence-electron chi connectivity index (χ3n) is 20.3. The molecule has 1 N–H and O–H groups in total. The lowest BCUT2D eigenvalue weighted by Crippen LogP contribution is -1.87. The minimum atomic E-state index is -0.240. The Hall–Kier alpha value is -15.8. The summed E-state index contributed by atoms with van der Waals surface area (Å²) in [6.45, 7) is 12.4. The van der Waals surface area contributed by atoms with E-state index in [9.17, 15) is 26.3 Å². The molecule has 0 amide bonds. The second-order valence-corrected chi connectivity index (χ2v) is 30.9. The molecule has 5 nitrogen and oxygen atoms in total. The Morgan fingerprint density at radius 1 is 0.201 bits per heavy atom. The second kappa shape index (κ2) is 56.6. The first-order valence-corrected chi connectivity index (χ1v) is 43.6. The summed E-state index contributed by atoms with van der Waals surface area (Å²) in [5.41, 5.74) is 23.7. The van der Waals surface area contributed by atoms with Crippen LogP contribution in [0.1, 0.15) is 128 Å². The van der Waals surface area contributed by atoms with Gasteiger partial charge in [0.15, 0.2) is 0 Å². The molecule has 676 valence electrons. The van der Waals surface area contributed by atoms with Crippen LogP contribution in [0.5, 0.6) is 23.0 Å². The molecule has 0 aliphatic carbocycles. The number of hydrogen-bond donors (Lipinski definition) is 1. The molecular formula is C123H112F6O5. The van der Waals surface area contributed by atoms with Gasteiger partial charge in [-0.25, -0.2) is 26.3 Å². The Bertz CT molecular complexity index is 6460. The number of benzene rings is 16. The molecular weight excluding hydrogens is 1670 g/mol. The van der Waals surface area contributed by atoms with Crippen molar-refractivity contribution in [3.8, 4) is 23.0 Å². The SMILES string of the molecule is COc1cc(/C=C/c2ccc(F)cc2)ccc1C.COc1cccc(/C=C/c2ccc(C)cc2)c1.COc1cccc(/C=C/c2ccccc2F)c1.COc1ccccc1/C=C/c1ccccc1F.Cc1ccc(/C=C/c2ccc(C)cc2)cc1.Cc1ccc(/C=C/c2cccc(F)c2)cc1.Cc1ccc(/C=C/c2ccccc2F)cc1.OCc1cccc(/C=C/c2cccc(F)c2)c1. The maximum atomic E-state index is 13.4. The number of aliphatic hydroxyl groups excluding tert-OH is 1. The lowest BCUT2D eigenvalue weighted by Gasteiger charge is -2.04. The minimum absolute atomic E-state index is 0.0294. The molecule has 11 heteroatoms. The molecule has 16 aromatic carbocycles. The Balaban J connectivity index is 0.000000172. The van der Waals surface area contributed by atoms with Gasteiger partial charge in [-0.2, -0.15) is 0 Å². The fraction of sp³-hybridized carbons (Fsp3) is 0.0894. The van der Waals surface area contributed by atoms with E-state index in [0.717, 1.165) is 89.8 Å². The Kier molecular flexibility index (Phi) is 43.0. The molecule has 0 unspecified atom stereocenters. The molecule has 0 atom stereocenters. The van der Waals surface area contributed by atoms with E-state index in [1.165, 1.54) is 99.1 Å². The summed E-state index contributed by atoms with van der Waals surface area (Å²) < 4.78 is 99.5. The van der Waals surface area contributed by atoms with Gasteiger partial charge < -0.3 is 24.1 Å². The largest absolute Gasteiger partial charge is 0.497 e. The van der Waals surface area contributed by atoms with Gasteiger partial charge in [0.05, 0.1) is 35.0 Å². The van der Waals surface area contributed by atoms with E-state index < -0.39 is 0 Å². The Labute approximate surface area is 787 Å². The first-order chi connectivity index (χ1) is 65.1. The zero-order chi connectivity index (χ0) is 95.4. The monoisotopic (exact) mass is 1780 g/mol. The van der Waals surface area contributed by atoms with Crippen LogP contribution in [0.3, 0.4) is 0 Å². The molecule has 0 spiro atoms. The summed E-state index contributed by atoms with van der Waals surface area (Å²) in [5.74, 6) is 2.04.